The lowest BCUT2D eigenvalue weighted by molar-refractivity contribution is 0.298. The van der Waals surface area contributed by atoms with Gasteiger partial charge in [0, 0.05) is 31.4 Å². The minimum atomic E-state index is 0.702. The second-order valence-corrected chi connectivity index (χ2v) is 6.83. The van der Waals surface area contributed by atoms with Crippen LogP contribution >= 0.6 is 0 Å². The van der Waals surface area contributed by atoms with Gasteiger partial charge in [0.1, 0.15) is 5.82 Å². The van der Waals surface area contributed by atoms with Gasteiger partial charge in [-0.25, -0.2) is 4.98 Å². The highest BCUT2D eigenvalue weighted by Gasteiger charge is 2.33. The number of nitrogens with one attached hydrogen (secondary N) is 1. The number of nitrogens with zero attached hydrogens (tertiary/aromatic N) is 2. The Morgan fingerprint density at radius 3 is 2.62 bits per heavy atom. The van der Waals surface area contributed by atoms with Crippen molar-refractivity contribution in [2.45, 2.75) is 58.0 Å². The van der Waals surface area contributed by atoms with Gasteiger partial charge >= 0.3 is 0 Å². The molecule has 2 fully saturated rings. The maximum absolute atomic E-state index is 4.47. The summed E-state index contributed by atoms with van der Waals surface area (Å²) in [6.07, 6.45) is 8.53. The standard InChI is InChI=1S/C18H29N3/c1-3-15-7-8-17(14(15)2)20-16-9-12-21(13-10-16)18-6-4-5-11-19-18/h4-6,11,14-17,20H,3,7-10,12-13H2,1-2H3. The van der Waals surface area contributed by atoms with E-state index in [1.54, 1.807) is 0 Å². The molecule has 1 aliphatic heterocycles. The van der Waals surface area contributed by atoms with E-state index in [4.69, 9.17) is 0 Å². The zero-order valence-electron chi connectivity index (χ0n) is 13.5. The van der Waals surface area contributed by atoms with E-state index < -0.39 is 0 Å². The summed E-state index contributed by atoms with van der Waals surface area (Å²) < 4.78 is 0. The smallest absolute Gasteiger partial charge is 0.128 e. The van der Waals surface area contributed by atoms with Crippen LogP contribution in [0.4, 0.5) is 5.82 Å². The highest BCUT2D eigenvalue weighted by molar-refractivity contribution is 5.38. The monoisotopic (exact) mass is 287 g/mol. The maximum atomic E-state index is 4.47. The minimum absolute atomic E-state index is 0.702. The third-order valence-corrected chi connectivity index (χ3v) is 5.67. The molecule has 1 aromatic rings. The zero-order chi connectivity index (χ0) is 14.7. The predicted octanol–water partition coefficient (Wildman–Crippen LogP) is 3.46. The highest BCUT2D eigenvalue weighted by Crippen LogP contribution is 2.34. The molecule has 3 unspecified atom stereocenters. The number of rotatable bonds is 4. The van der Waals surface area contributed by atoms with Crippen molar-refractivity contribution < 1.29 is 0 Å². The number of aromatic nitrogens is 1. The Balaban J connectivity index is 1.48. The Labute approximate surface area is 129 Å². The first-order chi connectivity index (χ1) is 10.3. The van der Waals surface area contributed by atoms with Crippen LogP contribution in [0, 0.1) is 11.8 Å². The Morgan fingerprint density at radius 2 is 2.00 bits per heavy atom. The minimum Gasteiger partial charge on any atom is -0.357 e. The fourth-order valence-corrected chi connectivity index (χ4v) is 4.18. The number of anilines is 1. The molecule has 0 radical (unpaired) electrons. The summed E-state index contributed by atoms with van der Waals surface area (Å²) in [4.78, 5) is 6.89. The van der Waals surface area contributed by atoms with E-state index in [1.807, 2.05) is 12.3 Å². The number of pyridine rings is 1. The Bertz CT molecular complexity index is 425. The largest absolute Gasteiger partial charge is 0.357 e. The van der Waals surface area contributed by atoms with Crippen LogP contribution in [-0.2, 0) is 0 Å². The lowest BCUT2D eigenvalue weighted by Gasteiger charge is -2.35. The summed E-state index contributed by atoms with van der Waals surface area (Å²) >= 11 is 0. The molecule has 116 valence electrons. The summed E-state index contributed by atoms with van der Waals surface area (Å²) in [5.41, 5.74) is 0. The first-order valence-electron chi connectivity index (χ1n) is 8.70. The van der Waals surface area contributed by atoms with Crippen molar-refractivity contribution in [2.24, 2.45) is 11.8 Å². The molecule has 0 amide bonds. The third-order valence-electron chi connectivity index (χ3n) is 5.67. The SMILES string of the molecule is CCC1CCC(NC2CCN(c3ccccn3)CC2)C1C. The van der Waals surface area contributed by atoms with E-state index in [0.29, 0.717) is 6.04 Å². The second kappa shape index (κ2) is 6.78. The predicted molar refractivity (Wildman–Crippen MR) is 88.6 cm³/mol. The number of piperidine rings is 1. The van der Waals surface area contributed by atoms with E-state index >= 15 is 0 Å². The molecule has 1 aliphatic carbocycles. The van der Waals surface area contributed by atoms with Crippen molar-refractivity contribution in [3.05, 3.63) is 24.4 Å². The first-order valence-corrected chi connectivity index (χ1v) is 8.70. The van der Waals surface area contributed by atoms with Crippen LogP contribution in [0.1, 0.15) is 46.0 Å². The van der Waals surface area contributed by atoms with Gasteiger partial charge in [0.05, 0.1) is 0 Å². The van der Waals surface area contributed by atoms with E-state index in [1.165, 1.54) is 32.1 Å². The molecule has 0 bridgehead atoms. The average Bonchev–Trinajstić information content (AvgIpc) is 2.89. The summed E-state index contributed by atoms with van der Waals surface area (Å²) in [5.74, 6) is 2.93. The quantitative estimate of drug-likeness (QED) is 0.919. The molecule has 2 heterocycles. The van der Waals surface area contributed by atoms with Crippen LogP contribution in [0.15, 0.2) is 24.4 Å². The average molecular weight is 287 g/mol. The van der Waals surface area contributed by atoms with Crippen LogP contribution < -0.4 is 10.2 Å². The van der Waals surface area contributed by atoms with Crippen molar-refractivity contribution in [1.82, 2.24) is 10.3 Å². The molecule has 0 spiro atoms. The topological polar surface area (TPSA) is 28.2 Å². The molecular formula is C18H29N3. The first kappa shape index (κ1) is 14.8. The summed E-state index contributed by atoms with van der Waals surface area (Å²) in [5, 5.41) is 3.96. The van der Waals surface area contributed by atoms with Crippen molar-refractivity contribution >= 4 is 5.82 Å². The third kappa shape index (κ3) is 3.39. The molecule has 2 aliphatic rings. The van der Waals surface area contributed by atoms with Crippen LogP contribution in [0.2, 0.25) is 0 Å². The summed E-state index contributed by atoms with van der Waals surface area (Å²) in [6, 6.07) is 7.65. The van der Waals surface area contributed by atoms with E-state index in [-0.39, 0.29) is 0 Å². The Morgan fingerprint density at radius 1 is 1.19 bits per heavy atom. The molecule has 1 aromatic heterocycles. The molecule has 21 heavy (non-hydrogen) atoms. The molecule has 3 nitrogen and oxygen atoms in total. The van der Waals surface area contributed by atoms with E-state index in [9.17, 15) is 0 Å². The lowest BCUT2D eigenvalue weighted by Crippen LogP contribution is -2.47. The highest BCUT2D eigenvalue weighted by atomic mass is 15.2. The van der Waals surface area contributed by atoms with Gasteiger partial charge in [0.2, 0.25) is 0 Å². The van der Waals surface area contributed by atoms with Gasteiger partial charge in [-0.3, -0.25) is 0 Å². The molecule has 3 heteroatoms. The molecule has 1 N–H and O–H groups in total. The van der Waals surface area contributed by atoms with E-state index in [2.05, 4.69) is 41.2 Å². The van der Waals surface area contributed by atoms with Crippen molar-refractivity contribution in [2.75, 3.05) is 18.0 Å². The zero-order valence-corrected chi connectivity index (χ0v) is 13.5. The lowest BCUT2D eigenvalue weighted by atomic mass is 9.92. The van der Waals surface area contributed by atoms with Gasteiger partial charge in [0.15, 0.2) is 0 Å². The van der Waals surface area contributed by atoms with Crippen molar-refractivity contribution in [1.29, 1.82) is 0 Å². The molecule has 1 saturated carbocycles. The second-order valence-electron chi connectivity index (χ2n) is 6.83. The Kier molecular flexibility index (Phi) is 4.79. The fraction of sp³-hybridized carbons (Fsp3) is 0.722. The van der Waals surface area contributed by atoms with Gasteiger partial charge < -0.3 is 10.2 Å². The van der Waals surface area contributed by atoms with Gasteiger partial charge in [-0.1, -0.05) is 26.3 Å². The van der Waals surface area contributed by atoms with Crippen LogP contribution in [0.5, 0.6) is 0 Å². The van der Waals surface area contributed by atoms with Gasteiger partial charge in [-0.05, 0) is 49.7 Å². The van der Waals surface area contributed by atoms with Crippen molar-refractivity contribution in [3.63, 3.8) is 0 Å². The molecular weight excluding hydrogens is 258 g/mol. The molecule has 0 aromatic carbocycles. The van der Waals surface area contributed by atoms with Crippen LogP contribution in [-0.4, -0.2) is 30.2 Å². The van der Waals surface area contributed by atoms with Crippen molar-refractivity contribution in [3.8, 4) is 0 Å². The van der Waals surface area contributed by atoms with E-state index in [0.717, 1.165) is 36.8 Å². The van der Waals surface area contributed by atoms with Gasteiger partial charge in [-0.15, -0.1) is 0 Å². The van der Waals surface area contributed by atoms with Gasteiger partial charge in [-0.2, -0.15) is 0 Å². The van der Waals surface area contributed by atoms with Crippen LogP contribution in [0.25, 0.3) is 0 Å². The number of hydrogen-bond donors (Lipinski definition) is 1. The number of hydrogen-bond acceptors (Lipinski definition) is 3. The molecule has 3 atom stereocenters. The van der Waals surface area contributed by atoms with Crippen LogP contribution in [0.3, 0.4) is 0 Å². The molecule has 1 saturated heterocycles. The summed E-state index contributed by atoms with van der Waals surface area (Å²) in [6.45, 7) is 7.05. The van der Waals surface area contributed by atoms with Gasteiger partial charge in [0.25, 0.3) is 0 Å². The summed E-state index contributed by atoms with van der Waals surface area (Å²) in [7, 11) is 0. The Hall–Kier alpha value is -1.09. The maximum Gasteiger partial charge on any atom is 0.128 e. The normalized spacial score (nSPS) is 30.8. The fourth-order valence-electron chi connectivity index (χ4n) is 4.18. The molecule has 3 rings (SSSR count).